The predicted octanol–water partition coefficient (Wildman–Crippen LogP) is 1.10. The van der Waals surface area contributed by atoms with E-state index in [-0.39, 0.29) is 0 Å². The van der Waals surface area contributed by atoms with Crippen LogP contribution in [0, 0.1) is 6.07 Å². The first-order valence-electron chi connectivity index (χ1n) is 3.08. The molecule has 0 saturated heterocycles. The normalized spacial score (nSPS) is 15.6. The Morgan fingerprint density at radius 3 is 3.11 bits per heavy atom. The van der Waals surface area contributed by atoms with Gasteiger partial charge in [0.15, 0.2) is 0 Å². The van der Waals surface area contributed by atoms with E-state index in [1.807, 2.05) is 12.1 Å². The standard InChI is InChI=1S/C8H7N/c1-2-4-8-6-9-5-7(8)3-1/h1,3-4H,5-6H2. The molecule has 2 radical (unpaired) electrons. The number of hydrogen-bond donors (Lipinski definition) is 0. The van der Waals surface area contributed by atoms with Crippen molar-refractivity contribution in [1.29, 1.82) is 0 Å². The lowest BCUT2D eigenvalue weighted by molar-refractivity contribution is 0.746. The molecule has 1 aliphatic heterocycles. The minimum absolute atomic E-state index is 0.896. The maximum atomic E-state index is 4.23. The maximum Gasteiger partial charge on any atom is 0.0391 e. The molecule has 9 heavy (non-hydrogen) atoms. The average Bonchev–Trinajstić information content (AvgIpc) is 2.33. The van der Waals surface area contributed by atoms with E-state index in [9.17, 15) is 0 Å². The monoisotopic (exact) mass is 117 g/mol. The third-order valence-corrected chi connectivity index (χ3v) is 1.62. The number of benzene rings is 1. The first-order valence-corrected chi connectivity index (χ1v) is 3.08. The third-order valence-electron chi connectivity index (χ3n) is 1.62. The van der Waals surface area contributed by atoms with Crippen molar-refractivity contribution >= 4 is 0 Å². The van der Waals surface area contributed by atoms with E-state index >= 15 is 0 Å². The van der Waals surface area contributed by atoms with Crippen molar-refractivity contribution in [3.63, 3.8) is 0 Å². The van der Waals surface area contributed by atoms with Gasteiger partial charge in [-0.3, -0.25) is 0 Å². The molecule has 0 spiro atoms. The fraction of sp³-hybridized carbons (Fsp3) is 0.250. The lowest BCUT2D eigenvalue weighted by Gasteiger charge is -1.90. The molecule has 0 fully saturated rings. The number of nitrogens with zero attached hydrogens (tertiary/aromatic N) is 1. The van der Waals surface area contributed by atoms with Crippen LogP contribution < -0.4 is 5.32 Å². The van der Waals surface area contributed by atoms with Crippen molar-refractivity contribution < 1.29 is 0 Å². The van der Waals surface area contributed by atoms with E-state index in [1.165, 1.54) is 11.1 Å². The van der Waals surface area contributed by atoms with Crippen molar-refractivity contribution in [3.8, 4) is 0 Å². The molecule has 1 heterocycles. The van der Waals surface area contributed by atoms with Crippen molar-refractivity contribution in [1.82, 2.24) is 5.32 Å². The molecule has 0 atom stereocenters. The summed E-state index contributed by atoms with van der Waals surface area (Å²) in [5.41, 5.74) is 2.71. The minimum Gasteiger partial charge on any atom is -0.232 e. The van der Waals surface area contributed by atoms with Gasteiger partial charge in [0.1, 0.15) is 0 Å². The van der Waals surface area contributed by atoms with Crippen LogP contribution in [0.1, 0.15) is 11.1 Å². The van der Waals surface area contributed by atoms with Crippen LogP contribution in [0.2, 0.25) is 0 Å². The van der Waals surface area contributed by atoms with Crippen molar-refractivity contribution in [2.45, 2.75) is 13.1 Å². The molecule has 0 N–H and O–H groups in total. The molecule has 1 aromatic rings. The van der Waals surface area contributed by atoms with Crippen molar-refractivity contribution in [3.05, 3.63) is 35.4 Å². The summed E-state index contributed by atoms with van der Waals surface area (Å²) in [5, 5.41) is 4.23. The highest BCUT2D eigenvalue weighted by atomic mass is 14.9. The van der Waals surface area contributed by atoms with Gasteiger partial charge in [-0.1, -0.05) is 12.1 Å². The highest BCUT2D eigenvalue weighted by molar-refractivity contribution is 5.28. The van der Waals surface area contributed by atoms with Crippen LogP contribution in [0.3, 0.4) is 0 Å². The summed E-state index contributed by atoms with van der Waals surface area (Å²) in [6.07, 6.45) is 0. The Labute approximate surface area is 54.7 Å². The summed E-state index contributed by atoms with van der Waals surface area (Å²) in [7, 11) is 0. The Morgan fingerprint density at radius 2 is 2.22 bits per heavy atom. The second kappa shape index (κ2) is 1.85. The molecule has 2 rings (SSSR count). The van der Waals surface area contributed by atoms with Crippen LogP contribution in [0.25, 0.3) is 0 Å². The SMILES string of the molecule is [c]1ccc2c(c1)C[N]C2. The van der Waals surface area contributed by atoms with Crippen LogP contribution >= 0.6 is 0 Å². The number of hydrogen-bond acceptors (Lipinski definition) is 0. The second-order valence-electron chi connectivity index (χ2n) is 2.23. The van der Waals surface area contributed by atoms with E-state index in [1.54, 1.807) is 0 Å². The molecule has 0 bridgehead atoms. The van der Waals surface area contributed by atoms with Crippen LogP contribution in [0.15, 0.2) is 18.2 Å². The van der Waals surface area contributed by atoms with Crippen molar-refractivity contribution in [2.24, 2.45) is 0 Å². The average molecular weight is 117 g/mol. The molecule has 0 saturated carbocycles. The van der Waals surface area contributed by atoms with Gasteiger partial charge in [0, 0.05) is 13.1 Å². The summed E-state index contributed by atoms with van der Waals surface area (Å²) in [6.45, 7) is 1.80. The summed E-state index contributed by atoms with van der Waals surface area (Å²) >= 11 is 0. The minimum atomic E-state index is 0.896. The lowest BCUT2D eigenvalue weighted by atomic mass is 10.1. The van der Waals surface area contributed by atoms with Gasteiger partial charge in [-0.2, -0.15) is 0 Å². The van der Waals surface area contributed by atoms with E-state index in [0.29, 0.717) is 0 Å². The summed E-state index contributed by atoms with van der Waals surface area (Å²) in [6, 6.07) is 9.09. The Morgan fingerprint density at radius 1 is 1.33 bits per heavy atom. The predicted molar refractivity (Wildman–Crippen MR) is 34.8 cm³/mol. The van der Waals surface area contributed by atoms with Gasteiger partial charge < -0.3 is 0 Å². The first kappa shape index (κ1) is 5.00. The van der Waals surface area contributed by atoms with Crippen LogP contribution in [0.5, 0.6) is 0 Å². The second-order valence-corrected chi connectivity index (χ2v) is 2.23. The van der Waals surface area contributed by atoms with E-state index in [0.717, 1.165) is 13.1 Å². The fourth-order valence-corrected chi connectivity index (χ4v) is 1.10. The van der Waals surface area contributed by atoms with Crippen molar-refractivity contribution in [2.75, 3.05) is 0 Å². The molecule has 0 aliphatic carbocycles. The topological polar surface area (TPSA) is 14.1 Å². The Hall–Kier alpha value is -0.820. The van der Waals surface area contributed by atoms with Gasteiger partial charge in [-0.05, 0) is 23.3 Å². The Kier molecular flexibility index (Phi) is 1.03. The maximum absolute atomic E-state index is 4.23. The quantitative estimate of drug-likeness (QED) is 0.483. The van der Waals surface area contributed by atoms with Gasteiger partial charge in [0.2, 0.25) is 0 Å². The zero-order chi connectivity index (χ0) is 6.10. The summed E-state index contributed by atoms with van der Waals surface area (Å²) in [5.74, 6) is 0. The Bertz CT molecular complexity index is 195. The lowest BCUT2D eigenvalue weighted by Crippen LogP contribution is -1.88. The molecule has 44 valence electrons. The molecular weight excluding hydrogens is 110 g/mol. The van der Waals surface area contributed by atoms with Crippen LogP contribution in [-0.4, -0.2) is 0 Å². The summed E-state index contributed by atoms with van der Waals surface area (Å²) in [4.78, 5) is 0. The fourth-order valence-electron chi connectivity index (χ4n) is 1.10. The van der Waals surface area contributed by atoms with Crippen LogP contribution in [0.4, 0.5) is 0 Å². The van der Waals surface area contributed by atoms with Gasteiger partial charge in [-0.25, -0.2) is 5.32 Å². The molecule has 0 unspecified atom stereocenters. The zero-order valence-electron chi connectivity index (χ0n) is 5.09. The van der Waals surface area contributed by atoms with Gasteiger partial charge in [0.05, 0.1) is 0 Å². The number of fused-ring (bicyclic) bond motifs is 1. The zero-order valence-corrected chi connectivity index (χ0v) is 5.09. The molecule has 1 heteroatoms. The first-order chi connectivity index (χ1) is 4.47. The third kappa shape index (κ3) is 0.736. The molecule has 0 aromatic heterocycles. The Balaban J connectivity index is 2.54. The number of rotatable bonds is 0. The van der Waals surface area contributed by atoms with E-state index in [2.05, 4.69) is 17.4 Å². The molecule has 1 nitrogen and oxygen atoms in total. The molecular formula is C8H7N. The summed E-state index contributed by atoms with van der Waals surface area (Å²) < 4.78 is 0. The van der Waals surface area contributed by atoms with E-state index < -0.39 is 0 Å². The van der Waals surface area contributed by atoms with E-state index in [4.69, 9.17) is 0 Å². The molecule has 1 aliphatic rings. The van der Waals surface area contributed by atoms with Gasteiger partial charge >= 0.3 is 0 Å². The largest absolute Gasteiger partial charge is 0.232 e. The molecule has 0 amide bonds. The highest BCUT2D eigenvalue weighted by Gasteiger charge is 2.07. The highest BCUT2D eigenvalue weighted by Crippen LogP contribution is 2.14. The van der Waals surface area contributed by atoms with Gasteiger partial charge in [0.25, 0.3) is 0 Å². The van der Waals surface area contributed by atoms with Gasteiger partial charge in [-0.15, -0.1) is 0 Å². The van der Waals surface area contributed by atoms with Crippen LogP contribution in [-0.2, 0) is 13.1 Å². The molecule has 1 aromatic carbocycles. The smallest absolute Gasteiger partial charge is 0.0391 e.